The molecular weight excluding hydrogens is 278 g/mol. The first-order valence-corrected chi connectivity index (χ1v) is 9.14. The van der Waals surface area contributed by atoms with Crippen molar-refractivity contribution >= 4 is 15.9 Å². The molecule has 1 amide bonds. The fourth-order valence-corrected chi connectivity index (χ4v) is 3.62. The van der Waals surface area contributed by atoms with Crippen molar-refractivity contribution in [1.29, 1.82) is 0 Å². The van der Waals surface area contributed by atoms with Crippen molar-refractivity contribution in [2.45, 2.75) is 45.6 Å². The van der Waals surface area contributed by atoms with Crippen LogP contribution >= 0.6 is 0 Å². The van der Waals surface area contributed by atoms with Crippen molar-refractivity contribution in [3.63, 3.8) is 0 Å². The molecule has 1 rings (SSSR count). The molecule has 20 heavy (non-hydrogen) atoms. The van der Waals surface area contributed by atoms with E-state index in [1.165, 1.54) is 0 Å². The molecule has 3 N–H and O–H groups in total. The molecule has 1 heterocycles. The number of nitrogens with zero attached hydrogens (tertiary/aromatic N) is 1. The minimum absolute atomic E-state index is 0.0602. The van der Waals surface area contributed by atoms with Crippen molar-refractivity contribution in [1.82, 2.24) is 9.62 Å². The molecule has 0 radical (unpaired) electrons. The van der Waals surface area contributed by atoms with Gasteiger partial charge in [-0.2, -0.15) is 0 Å². The van der Waals surface area contributed by atoms with Gasteiger partial charge in [-0.05, 0) is 25.7 Å². The second kappa shape index (κ2) is 6.87. The van der Waals surface area contributed by atoms with Gasteiger partial charge < -0.3 is 10.6 Å². The summed E-state index contributed by atoms with van der Waals surface area (Å²) in [6, 6.07) is -0.188. The van der Waals surface area contributed by atoms with Crippen LogP contribution in [-0.4, -0.2) is 51.2 Å². The number of nitrogens with one attached hydrogen (secondary N) is 1. The highest BCUT2D eigenvalue weighted by Crippen LogP contribution is 2.29. The molecule has 0 aromatic rings. The molecule has 1 unspecified atom stereocenters. The number of carbonyl (C=O) groups excluding carboxylic acids is 1. The Kier molecular flexibility index (Phi) is 5.97. The maximum Gasteiger partial charge on any atom is 0.230 e. The van der Waals surface area contributed by atoms with E-state index in [2.05, 4.69) is 4.72 Å². The summed E-state index contributed by atoms with van der Waals surface area (Å²) >= 11 is 0. The monoisotopic (exact) mass is 305 g/mol. The van der Waals surface area contributed by atoms with Crippen LogP contribution in [0.5, 0.6) is 0 Å². The quantitative estimate of drug-likeness (QED) is 0.738. The highest BCUT2D eigenvalue weighted by atomic mass is 32.2. The van der Waals surface area contributed by atoms with Crippen LogP contribution in [0.2, 0.25) is 0 Å². The third-order valence-corrected chi connectivity index (χ3v) is 5.05. The number of sulfonamides is 1. The van der Waals surface area contributed by atoms with E-state index >= 15 is 0 Å². The van der Waals surface area contributed by atoms with E-state index in [0.29, 0.717) is 32.5 Å². The molecular formula is C13H27N3O3S. The van der Waals surface area contributed by atoms with Gasteiger partial charge in [0.1, 0.15) is 0 Å². The average molecular weight is 305 g/mol. The van der Waals surface area contributed by atoms with Crippen LogP contribution in [0.15, 0.2) is 0 Å². The third-order valence-electron chi connectivity index (χ3n) is 4.29. The van der Waals surface area contributed by atoms with Gasteiger partial charge in [-0.1, -0.05) is 13.8 Å². The normalized spacial score (nSPS) is 21.0. The van der Waals surface area contributed by atoms with Gasteiger partial charge in [0.15, 0.2) is 0 Å². The second-order valence-corrected chi connectivity index (χ2v) is 7.45. The van der Waals surface area contributed by atoms with E-state index < -0.39 is 15.4 Å². The first-order chi connectivity index (χ1) is 9.28. The second-order valence-electron chi connectivity index (χ2n) is 5.67. The van der Waals surface area contributed by atoms with Gasteiger partial charge >= 0.3 is 0 Å². The zero-order chi connectivity index (χ0) is 15.4. The van der Waals surface area contributed by atoms with Crippen LogP contribution in [0.1, 0.15) is 39.5 Å². The zero-order valence-corrected chi connectivity index (χ0v) is 13.5. The van der Waals surface area contributed by atoms with E-state index in [1.54, 1.807) is 4.90 Å². The van der Waals surface area contributed by atoms with Crippen molar-refractivity contribution in [3.05, 3.63) is 0 Å². The van der Waals surface area contributed by atoms with Gasteiger partial charge in [0.2, 0.25) is 15.9 Å². The predicted octanol–water partition coefficient (Wildman–Crippen LogP) is 0.292. The molecule has 0 saturated carbocycles. The lowest BCUT2D eigenvalue weighted by Gasteiger charge is -2.39. The maximum atomic E-state index is 12.7. The van der Waals surface area contributed by atoms with E-state index in [9.17, 15) is 13.2 Å². The van der Waals surface area contributed by atoms with Crippen molar-refractivity contribution in [3.8, 4) is 0 Å². The summed E-state index contributed by atoms with van der Waals surface area (Å²) in [5.41, 5.74) is 5.31. The van der Waals surface area contributed by atoms with Crippen LogP contribution in [0.4, 0.5) is 0 Å². The number of rotatable bonds is 6. The molecule has 1 atom stereocenters. The van der Waals surface area contributed by atoms with E-state index in [4.69, 9.17) is 5.73 Å². The molecule has 1 fully saturated rings. The molecule has 118 valence electrons. The summed E-state index contributed by atoms with van der Waals surface area (Å²) in [6.07, 6.45) is 4.15. The summed E-state index contributed by atoms with van der Waals surface area (Å²) in [6.45, 7) is 5.41. The number of hydrogen-bond donors (Lipinski definition) is 2. The highest BCUT2D eigenvalue weighted by molar-refractivity contribution is 7.88. The lowest BCUT2D eigenvalue weighted by Crippen LogP contribution is -2.54. The minimum atomic E-state index is -3.24. The summed E-state index contributed by atoms with van der Waals surface area (Å²) in [5, 5.41) is 0. The van der Waals surface area contributed by atoms with E-state index in [0.717, 1.165) is 19.1 Å². The van der Waals surface area contributed by atoms with E-state index in [1.807, 2.05) is 13.8 Å². The van der Waals surface area contributed by atoms with Crippen LogP contribution in [-0.2, 0) is 14.8 Å². The number of hydrogen-bond acceptors (Lipinski definition) is 4. The number of carbonyl (C=O) groups is 1. The number of likely N-dealkylation sites (tertiary alicyclic amines) is 1. The molecule has 0 aromatic carbocycles. The van der Waals surface area contributed by atoms with Crippen LogP contribution in [0.3, 0.4) is 0 Å². The van der Waals surface area contributed by atoms with E-state index in [-0.39, 0.29) is 11.9 Å². The largest absolute Gasteiger partial charge is 0.341 e. The molecule has 0 bridgehead atoms. The predicted molar refractivity (Wildman–Crippen MR) is 79.7 cm³/mol. The standard InChI is InChI=1S/C13H27N3O3S/c1-4-13(5-2,10-14)12(17)16-8-6-7-11(9-16)15-20(3,18)19/h11,15H,4-10,14H2,1-3H3. The Balaban J connectivity index is 2.78. The fraction of sp³-hybridized carbons (Fsp3) is 0.923. The van der Waals surface area contributed by atoms with Crippen LogP contribution < -0.4 is 10.5 Å². The smallest absolute Gasteiger partial charge is 0.230 e. The SMILES string of the molecule is CCC(CC)(CN)C(=O)N1CCCC(NS(C)(=O)=O)C1. The molecule has 1 saturated heterocycles. The lowest BCUT2D eigenvalue weighted by atomic mass is 9.80. The summed E-state index contributed by atoms with van der Waals surface area (Å²) in [4.78, 5) is 14.5. The van der Waals surface area contributed by atoms with Gasteiger partial charge in [-0.25, -0.2) is 13.1 Å². The zero-order valence-electron chi connectivity index (χ0n) is 12.7. The van der Waals surface area contributed by atoms with Gasteiger partial charge in [0.25, 0.3) is 0 Å². The molecule has 6 nitrogen and oxygen atoms in total. The van der Waals surface area contributed by atoms with Crippen LogP contribution in [0.25, 0.3) is 0 Å². The number of amides is 1. The molecule has 1 aliphatic heterocycles. The Bertz CT molecular complexity index is 424. The molecule has 0 spiro atoms. The Hall–Kier alpha value is -0.660. The molecule has 1 aliphatic rings. The Labute approximate surface area is 122 Å². The van der Waals surface area contributed by atoms with Crippen molar-refractivity contribution < 1.29 is 13.2 Å². The minimum Gasteiger partial charge on any atom is -0.341 e. The molecule has 0 aliphatic carbocycles. The topological polar surface area (TPSA) is 92.5 Å². The Morgan fingerprint density at radius 3 is 2.45 bits per heavy atom. The number of nitrogens with two attached hydrogens (primary N) is 1. The van der Waals surface area contributed by atoms with Crippen molar-refractivity contribution in [2.75, 3.05) is 25.9 Å². The van der Waals surface area contributed by atoms with Gasteiger partial charge in [-0.3, -0.25) is 4.79 Å². The summed E-state index contributed by atoms with van der Waals surface area (Å²) in [5.74, 6) is 0.0602. The summed E-state index contributed by atoms with van der Waals surface area (Å²) < 4.78 is 25.2. The summed E-state index contributed by atoms with van der Waals surface area (Å²) in [7, 11) is -3.24. The Morgan fingerprint density at radius 1 is 1.40 bits per heavy atom. The highest BCUT2D eigenvalue weighted by Gasteiger charge is 2.38. The van der Waals surface area contributed by atoms with Gasteiger partial charge in [0, 0.05) is 25.7 Å². The number of piperidine rings is 1. The fourth-order valence-electron chi connectivity index (χ4n) is 2.82. The first kappa shape index (κ1) is 17.4. The third kappa shape index (κ3) is 4.17. The van der Waals surface area contributed by atoms with Crippen molar-refractivity contribution in [2.24, 2.45) is 11.1 Å². The van der Waals surface area contributed by atoms with Crippen LogP contribution in [0, 0.1) is 5.41 Å². The molecule has 7 heteroatoms. The van der Waals surface area contributed by atoms with Gasteiger partial charge in [0.05, 0.1) is 11.7 Å². The Morgan fingerprint density at radius 2 is 2.00 bits per heavy atom. The molecule has 0 aromatic heterocycles. The lowest BCUT2D eigenvalue weighted by molar-refractivity contribution is -0.143. The van der Waals surface area contributed by atoms with Gasteiger partial charge in [-0.15, -0.1) is 0 Å². The average Bonchev–Trinajstić information content (AvgIpc) is 2.39. The maximum absolute atomic E-state index is 12.7. The first-order valence-electron chi connectivity index (χ1n) is 7.24.